The van der Waals surface area contributed by atoms with Gasteiger partial charge in [-0.05, 0) is 51.0 Å². The van der Waals surface area contributed by atoms with Crippen LogP contribution in [0.15, 0.2) is 5.03 Å². The first-order chi connectivity index (χ1) is 12.5. The molecule has 2 aliphatic rings. The average molecular weight is 390 g/mol. The van der Waals surface area contributed by atoms with E-state index in [4.69, 9.17) is 0 Å². The van der Waals surface area contributed by atoms with E-state index in [9.17, 15) is 4.79 Å². The molecule has 4 nitrogen and oxygen atoms in total. The van der Waals surface area contributed by atoms with Crippen LogP contribution in [0.25, 0.3) is 10.2 Å². The number of thioether (sulfide) groups is 1. The summed E-state index contributed by atoms with van der Waals surface area (Å²) in [5.74, 6) is 3.14. The molecule has 0 unspecified atom stereocenters. The number of carbonyl (C=O) groups excluding carboxylic acids is 1. The fraction of sp³-hybridized carbons (Fsp3) is 0.650. The summed E-state index contributed by atoms with van der Waals surface area (Å²) < 4.78 is 0. The third-order valence-corrected chi connectivity index (χ3v) is 8.14. The first-order valence-corrected chi connectivity index (χ1v) is 11.5. The molecular formula is C20H27N3OS2. The highest BCUT2D eigenvalue weighted by atomic mass is 32.2. The summed E-state index contributed by atoms with van der Waals surface area (Å²) in [5.41, 5.74) is 1.25. The molecule has 2 atom stereocenters. The Morgan fingerprint density at radius 2 is 1.92 bits per heavy atom. The van der Waals surface area contributed by atoms with Crippen molar-refractivity contribution >= 4 is 39.2 Å². The molecule has 1 saturated heterocycles. The van der Waals surface area contributed by atoms with Gasteiger partial charge in [-0.3, -0.25) is 4.79 Å². The van der Waals surface area contributed by atoms with Gasteiger partial charge in [-0.15, -0.1) is 11.3 Å². The van der Waals surface area contributed by atoms with Crippen LogP contribution in [0.5, 0.6) is 0 Å². The van der Waals surface area contributed by atoms with E-state index in [1.807, 2.05) is 6.92 Å². The zero-order chi connectivity index (χ0) is 18.3. The van der Waals surface area contributed by atoms with Crippen LogP contribution in [0, 0.1) is 32.6 Å². The van der Waals surface area contributed by atoms with Crippen LogP contribution >= 0.6 is 23.1 Å². The van der Waals surface area contributed by atoms with Gasteiger partial charge in [-0.2, -0.15) is 0 Å². The number of fused-ring (bicyclic) bond motifs is 2. The summed E-state index contributed by atoms with van der Waals surface area (Å²) in [7, 11) is 0. The van der Waals surface area contributed by atoms with E-state index in [0.717, 1.165) is 46.0 Å². The molecule has 3 heterocycles. The fourth-order valence-corrected chi connectivity index (χ4v) is 6.64. The molecule has 1 aliphatic carbocycles. The van der Waals surface area contributed by atoms with Crippen molar-refractivity contribution in [3.8, 4) is 0 Å². The van der Waals surface area contributed by atoms with Crippen LogP contribution in [-0.4, -0.2) is 39.6 Å². The van der Waals surface area contributed by atoms with E-state index in [2.05, 4.69) is 28.7 Å². The van der Waals surface area contributed by atoms with Gasteiger partial charge in [0, 0.05) is 23.4 Å². The summed E-state index contributed by atoms with van der Waals surface area (Å²) in [6.07, 6.45) is 6.60. The Balaban J connectivity index is 1.45. The van der Waals surface area contributed by atoms with Crippen molar-refractivity contribution in [1.82, 2.24) is 14.9 Å². The molecule has 6 heteroatoms. The molecule has 0 aromatic carbocycles. The zero-order valence-corrected chi connectivity index (χ0v) is 17.5. The molecule has 140 valence electrons. The molecule has 0 spiro atoms. The zero-order valence-electron chi connectivity index (χ0n) is 15.9. The first-order valence-electron chi connectivity index (χ1n) is 9.68. The Kier molecular flexibility index (Phi) is 5.24. The monoisotopic (exact) mass is 389 g/mol. The maximum Gasteiger partial charge on any atom is 0.232 e. The number of nitrogens with zero attached hydrogens (tertiary/aromatic N) is 3. The number of hydrogen-bond donors (Lipinski definition) is 0. The van der Waals surface area contributed by atoms with Crippen molar-refractivity contribution in [2.75, 3.05) is 18.8 Å². The lowest BCUT2D eigenvalue weighted by atomic mass is 9.75. The molecule has 4 rings (SSSR count). The van der Waals surface area contributed by atoms with Gasteiger partial charge in [0.25, 0.3) is 0 Å². The predicted molar refractivity (Wildman–Crippen MR) is 109 cm³/mol. The van der Waals surface area contributed by atoms with Crippen molar-refractivity contribution in [2.24, 2.45) is 11.8 Å². The number of thiophene rings is 1. The van der Waals surface area contributed by atoms with Crippen molar-refractivity contribution in [3.05, 3.63) is 16.3 Å². The van der Waals surface area contributed by atoms with Crippen LogP contribution in [0.3, 0.4) is 0 Å². The van der Waals surface area contributed by atoms with E-state index >= 15 is 0 Å². The highest BCUT2D eigenvalue weighted by molar-refractivity contribution is 8.00. The summed E-state index contributed by atoms with van der Waals surface area (Å²) in [6.45, 7) is 8.11. The number of amides is 1. The Morgan fingerprint density at radius 1 is 1.15 bits per heavy atom. The second-order valence-electron chi connectivity index (χ2n) is 7.76. The lowest BCUT2D eigenvalue weighted by Gasteiger charge is -2.41. The molecule has 0 bridgehead atoms. The number of piperidine rings is 1. The second-order valence-corrected chi connectivity index (χ2v) is 9.93. The third-order valence-electron chi connectivity index (χ3n) is 6.08. The molecule has 0 N–H and O–H groups in total. The Labute approximate surface area is 163 Å². The minimum absolute atomic E-state index is 0.271. The molecule has 1 amide bonds. The van der Waals surface area contributed by atoms with Crippen LogP contribution in [0.1, 0.15) is 48.4 Å². The highest BCUT2D eigenvalue weighted by Gasteiger charge is 2.32. The van der Waals surface area contributed by atoms with E-state index in [1.165, 1.54) is 42.5 Å². The van der Waals surface area contributed by atoms with Crippen molar-refractivity contribution in [2.45, 2.75) is 57.9 Å². The number of rotatable bonds is 3. The lowest BCUT2D eigenvalue weighted by Crippen LogP contribution is -2.45. The Morgan fingerprint density at radius 3 is 2.73 bits per heavy atom. The van der Waals surface area contributed by atoms with Crippen LogP contribution in [-0.2, 0) is 4.79 Å². The van der Waals surface area contributed by atoms with Crippen LogP contribution in [0.2, 0.25) is 0 Å². The van der Waals surface area contributed by atoms with Gasteiger partial charge in [0.2, 0.25) is 5.91 Å². The maximum atomic E-state index is 12.8. The van der Waals surface area contributed by atoms with Gasteiger partial charge in [-0.25, -0.2) is 9.97 Å². The Hall–Kier alpha value is -1.14. The number of carbonyl (C=O) groups is 1. The SMILES string of the molecule is Cc1nc(SCC(=O)N2CC[C@@H]3CCCC[C@@H]3C2)c2c(C)c(C)sc2n1. The van der Waals surface area contributed by atoms with Crippen molar-refractivity contribution in [1.29, 1.82) is 0 Å². The number of aryl methyl sites for hydroxylation is 3. The molecule has 0 radical (unpaired) electrons. The Bertz CT molecular complexity index is 832. The van der Waals surface area contributed by atoms with E-state index in [-0.39, 0.29) is 5.91 Å². The fourth-order valence-electron chi connectivity index (χ4n) is 4.47. The van der Waals surface area contributed by atoms with E-state index < -0.39 is 0 Å². The molecule has 2 fully saturated rings. The average Bonchev–Trinajstić information content (AvgIpc) is 2.92. The standard InChI is InChI=1S/C20H27N3OS2/c1-12-13(2)26-20-18(12)19(21-14(3)22-20)25-11-17(24)23-9-8-15-6-4-5-7-16(15)10-23/h15-16H,4-11H2,1-3H3/t15-,16+/m0/s1. The maximum absolute atomic E-state index is 12.8. The number of aromatic nitrogens is 2. The second kappa shape index (κ2) is 7.47. The van der Waals surface area contributed by atoms with E-state index in [1.54, 1.807) is 23.1 Å². The lowest BCUT2D eigenvalue weighted by molar-refractivity contribution is -0.131. The minimum Gasteiger partial charge on any atom is -0.342 e. The van der Waals surface area contributed by atoms with E-state index in [0.29, 0.717) is 5.75 Å². The summed E-state index contributed by atoms with van der Waals surface area (Å²) in [6, 6.07) is 0. The van der Waals surface area contributed by atoms with Crippen molar-refractivity contribution < 1.29 is 4.79 Å². The van der Waals surface area contributed by atoms with Gasteiger partial charge < -0.3 is 4.90 Å². The molecule has 2 aromatic heterocycles. The summed E-state index contributed by atoms with van der Waals surface area (Å²) in [5, 5.41) is 2.11. The van der Waals surface area contributed by atoms with Gasteiger partial charge in [0.15, 0.2) is 0 Å². The summed E-state index contributed by atoms with van der Waals surface area (Å²) in [4.78, 5) is 26.5. The number of likely N-dealkylation sites (tertiary alicyclic amines) is 1. The van der Waals surface area contributed by atoms with Crippen LogP contribution in [0.4, 0.5) is 0 Å². The predicted octanol–water partition coefficient (Wildman–Crippen LogP) is 4.75. The van der Waals surface area contributed by atoms with Crippen molar-refractivity contribution in [3.63, 3.8) is 0 Å². The molecule has 1 aliphatic heterocycles. The normalized spacial score (nSPS) is 23.3. The highest BCUT2D eigenvalue weighted by Crippen LogP contribution is 2.37. The number of hydrogen-bond acceptors (Lipinski definition) is 5. The quantitative estimate of drug-likeness (QED) is 0.561. The van der Waals surface area contributed by atoms with Crippen LogP contribution < -0.4 is 0 Å². The van der Waals surface area contributed by atoms with Gasteiger partial charge >= 0.3 is 0 Å². The molecule has 26 heavy (non-hydrogen) atoms. The topological polar surface area (TPSA) is 46.1 Å². The largest absolute Gasteiger partial charge is 0.342 e. The summed E-state index contributed by atoms with van der Waals surface area (Å²) >= 11 is 3.31. The molecule has 2 aromatic rings. The third kappa shape index (κ3) is 3.50. The smallest absolute Gasteiger partial charge is 0.232 e. The minimum atomic E-state index is 0.271. The molecular weight excluding hydrogens is 362 g/mol. The van der Waals surface area contributed by atoms with Gasteiger partial charge in [-0.1, -0.05) is 31.0 Å². The molecule has 1 saturated carbocycles. The van der Waals surface area contributed by atoms with Gasteiger partial charge in [0.1, 0.15) is 15.7 Å². The first kappa shape index (κ1) is 18.2. The van der Waals surface area contributed by atoms with Gasteiger partial charge in [0.05, 0.1) is 5.75 Å².